The Morgan fingerprint density at radius 3 is 2.46 bits per heavy atom. The average Bonchev–Trinajstić information content (AvgIpc) is 3.23. The van der Waals surface area contributed by atoms with Crippen LogP contribution in [0.2, 0.25) is 0 Å². The molecule has 2 aliphatic rings. The van der Waals surface area contributed by atoms with Gasteiger partial charge in [-0.15, -0.1) is 5.10 Å². The molecule has 8 nitrogen and oxygen atoms in total. The van der Waals surface area contributed by atoms with E-state index in [1.165, 1.54) is 6.33 Å². The van der Waals surface area contributed by atoms with E-state index < -0.39 is 0 Å². The second-order valence-electron chi connectivity index (χ2n) is 6.87. The Morgan fingerprint density at radius 2 is 1.81 bits per heavy atom. The van der Waals surface area contributed by atoms with Crippen LogP contribution in [0.25, 0.3) is 5.69 Å². The van der Waals surface area contributed by atoms with Crippen LogP contribution in [-0.2, 0) is 4.79 Å². The third-order valence-electron chi connectivity index (χ3n) is 5.28. The van der Waals surface area contributed by atoms with E-state index in [0.717, 1.165) is 37.9 Å². The molecule has 2 fully saturated rings. The minimum Gasteiger partial charge on any atom is -0.340 e. The maximum Gasteiger partial charge on any atom is 0.253 e. The van der Waals surface area contributed by atoms with Gasteiger partial charge in [0.2, 0.25) is 5.91 Å². The smallest absolute Gasteiger partial charge is 0.253 e. The Balaban J connectivity index is 1.37. The zero-order valence-electron chi connectivity index (χ0n) is 14.6. The number of likely N-dealkylation sites (tertiary alicyclic amines) is 2. The number of aromatic nitrogens is 4. The second kappa shape index (κ2) is 7.23. The van der Waals surface area contributed by atoms with Gasteiger partial charge in [0.25, 0.3) is 5.91 Å². The average molecular weight is 354 g/mol. The van der Waals surface area contributed by atoms with E-state index in [2.05, 4.69) is 15.5 Å². The molecule has 0 aliphatic carbocycles. The zero-order valence-corrected chi connectivity index (χ0v) is 14.6. The number of piperidine rings is 2. The quantitative estimate of drug-likeness (QED) is 0.829. The van der Waals surface area contributed by atoms with Crippen molar-refractivity contribution >= 4 is 11.8 Å². The molecule has 0 unspecified atom stereocenters. The van der Waals surface area contributed by atoms with Crippen LogP contribution in [0.3, 0.4) is 0 Å². The molecular formula is C18H22N6O2. The largest absolute Gasteiger partial charge is 0.340 e. The van der Waals surface area contributed by atoms with Crippen molar-refractivity contribution in [1.82, 2.24) is 30.0 Å². The van der Waals surface area contributed by atoms with Gasteiger partial charge in [0.1, 0.15) is 6.33 Å². The van der Waals surface area contributed by atoms with Crippen LogP contribution < -0.4 is 0 Å². The molecule has 4 rings (SSSR count). The molecule has 0 radical (unpaired) electrons. The summed E-state index contributed by atoms with van der Waals surface area (Å²) >= 11 is 0. The fraction of sp³-hybridized carbons (Fsp3) is 0.500. The summed E-state index contributed by atoms with van der Waals surface area (Å²) in [6.07, 6.45) is 6.02. The Bertz CT molecular complexity index is 765. The molecule has 3 heterocycles. The number of carbonyl (C=O) groups is 2. The van der Waals surface area contributed by atoms with Gasteiger partial charge >= 0.3 is 0 Å². The van der Waals surface area contributed by atoms with Gasteiger partial charge in [-0.1, -0.05) is 0 Å². The molecule has 2 aromatic rings. The van der Waals surface area contributed by atoms with Crippen molar-refractivity contribution in [2.75, 3.05) is 19.6 Å². The molecule has 0 N–H and O–H groups in total. The van der Waals surface area contributed by atoms with Crippen molar-refractivity contribution in [2.24, 2.45) is 0 Å². The molecule has 0 bridgehead atoms. The number of nitrogens with zero attached hydrogens (tertiary/aromatic N) is 6. The predicted molar refractivity (Wildman–Crippen MR) is 93.6 cm³/mol. The molecule has 1 aromatic heterocycles. The van der Waals surface area contributed by atoms with Crippen molar-refractivity contribution < 1.29 is 9.59 Å². The van der Waals surface area contributed by atoms with Gasteiger partial charge in [-0.3, -0.25) is 9.59 Å². The van der Waals surface area contributed by atoms with E-state index >= 15 is 0 Å². The highest BCUT2D eigenvalue weighted by Crippen LogP contribution is 2.23. The van der Waals surface area contributed by atoms with E-state index in [0.29, 0.717) is 25.1 Å². The first-order chi connectivity index (χ1) is 12.7. The molecule has 2 amide bonds. The Hall–Kier alpha value is -2.77. The molecule has 0 saturated carbocycles. The Kier molecular flexibility index (Phi) is 4.64. The second-order valence-corrected chi connectivity index (χ2v) is 6.87. The van der Waals surface area contributed by atoms with Crippen molar-refractivity contribution in [3.05, 3.63) is 36.2 Å². The lowest BCUT2D eigenvalue weighted by atomic mass is 9.99. The van der Waals surface area contributed by atoms with E-state index in [-0.39, 0.29) is 17.9 Å². The van der Waals surface area contributed by atoms with Crippen molar-refractivity contribution in [1.29, 1.82) is 0 Å². The first kappa shape index (κ1) is 16.7. The number of benzene rings is 1. The van der Waals surface area contributed by atoms with Crippen LogP contribution in [0.1, 0.15) is 42.5 Å². The maximum absolute atomic E-state index is 12.7. The number of hydrogen-bond acceptors (Lipinski definition) is 5. The lowest BCUT2D eigenvalue weighted by molar-refractivity contribution is -0.136. The summed E-state index contributed by atoms with van der Waals surface area (Å²) in [6, 6.07) is 7.57. The van der Waals surface area contributed by atoms with Gasteiger partial charge in [0.15, 0.2) is 0 Å². The van der Waals surface area contributed by atoms with E-state index in [1.54, 1.807) is 16.8 Å². The lowest BCUT2D eigenvalue weighted by Gasteiger charge is -2.40. The molecule has 136 valence electrons. The molecule has 1 aromatic carbocycles. The summed E-state index contributed by atoms with van der Waals surface area (Å²) in [5.74, 6) is 0.316. The maximum atomic E-state index is 12.7. The highest BCUT2D eigenvalue weighted by atomic mass is 16.2. The minimum atomic E-state index is 0.0386. The SMILES string of the molecule is O=C(c1ccc(-n2cnnn2)cc1)N1CCC(N2CCCCC2=O)CC1. The number of hydrogen-bond donors (Lipinski definition) is 0. The fourth-order valence-corrected chi connectivity index (χ4v) is 3.81. The van der Waals surface area contributed by atoms with Crippen molar-refractivity contribution in [3.8, 4) is 5.69 Å². The van der Waals surface area contributed by atoms with Gasteiger partial charge in [0.05, 0.1) is 5.69 Å². The predicted octanol–water partition coefficient (Wildman–Crippen LogP) is 1.28. The summed E-state index contributed by atoms with van der Waals surface area (Å²) in [6.45, 7) is 2.26. The summed E-state index contributed by atoms with van der Waals surface area (Å²) in [4.78, 5) is 28.8. The zero-order chi connectivity index (χ0) is 17.9. The lowest BCUT2D eigenvalue weighted by Crippen LogP contribution is -2.50. The van der Waals surface area contributed by atoms with Gasteiger partial charge in [0, 0.05) is 37.7 Å². The minimum absolute atomic E-state index is 0.0386. The third kappa shape index (κ3) is 3.31. The van der Waals surface area contributed by atoms with Gasteiger partial charge in [-0.25, -0.2) is 4.68 Å². The normalized spacial score (nSPS) is 19.0. The summed E-state index contributed by atoms with van der Waals surface area (Å²) in [5.41, 5.74) is 1.48. The highest BCUT2D eigenvalue weighted by Gasteiger charge is 2.30. The standard InChI is InChI=1S/C18H22N6O2/c25-17-3-1-2-10-23(17)15-8-11-22(12-9-15)18(26)14-4-6-16(7-5-14)24-13-19-20-21-24/h4-7,13,15H,1-3,8-12H2. The molecule has 2 aliphatic heterocycles. The fourth-order valence-electron chi connectivity index (χ4n) is 3.81. The monoisotopic (exact) mass is 354 g/mol. The first-order valence-corrected chi connectivity index (χ1v) is 9.14. The van der Waals surface area contributed by atoms with E-state index in [9.17, 15) is 9.59 Å². The topological polar surface area (TPSA) is 84.2 Å². The molecule has 26 heavy (non-hydrogen) atoms. The number of rotatable bonds is 3. The van der Waals surface area contributed by atoms with Crippen molar-refractivity contribution in [3.63, 3.8) is 0 Å². The van der Waals surface area contributed by atoms with E-state index in [4.69, 9.17) is 0 Å². The van der Waals surface area contributed by atoms with E-state index in [1.807, 2.05) is 21.9 Å². The number of amides is 2. The molecular weight excluding hydrogens is 332 g/mol. The van der Waals surface area contributed by atoms with Crippen LogP contribution in [0.5, 0.6) is 0 Å². The molecule has 8 heteroatoms. The first-order valence-electron chi connectivity index (χ1n) is 9.14. The van der Waals surface area contributed by atoms with Gasteiger partial charge in [-0.05, 0) is 60.4 Å². The molecule has 2 saturated heterocycles. The summed E-state index contributed by atoms with van der Waals surface area (Å²) < 4.78 is 1.55. The van der Waals surface area contributed by atoms with Crippen LogP contribution in [0.15, 0.2) is 30.6 Å². The van der Waals surface area contributed by atoms with Crippen LogP contribution in [0.4, 0.5) is 0 Å². The summed E-state index contributed by atoms with van der Waals surface area (Å²) in [7, 11) is 0. The summed E-state index contributed by atoms with van der Waals surface area (Å²) in [5, 5.41) is 11.1. The highest BCUT2D eigenvalue weighted by molar-refractivity contribution is 5.94. The van der Waals surface area contributed by atoms with Gasteiger partial charge in [-0.2, -0.15) is 0 Å². The van der Waals surface area contributed by atoms with Crippen LogP contribution in [0, 0.1) is 0 Å². The van der Waals surface area contributed by atoms with Gasteiger partial charge < -0.3 is 9.80 Å². The van der Waals surface area contributed by atoms with Crippen LogP contribution >= 0.6 is 0 Å². The third-order valence-corrected chi connectivity index (χ3v) is 5.28. The van der Waals surface area contributed by atoms with Crippen LogP contribution in [-0.4, -0.2) is 67.5 Å². The van der Waals surface area contributed by atoms with Crippen molar-refractivity contribution in [2.45, 2.75) is 38.1 Å². The number of tetrazole rings is 1. The number of carbonyl (C=O) groups excluding carboxylic acids is 2. The molecule has 0 spiro atoms. The molecule has 0 atom stereocenters. The Morgan fingerprint density at radius 1 is 1.04 bits per heavy atom. The Labute approximate surface area is 151 Å².